The highest BCUT2D eigenvalue weighted by Gasteiger charge is 2.59. The first-order valence-electron chi connectivity index (χ1n) is 11.2. The standard InChI is InChI=1S/C23H20BrF3N6O4S/c24-13-5-12(6-28-7-13)23(33-8-16(31-32-33)11-3-14(25)19(27)15(26)4-11)20(35)17(9-34)37-22(38)21(23)36-10-18-29-1-2-30-18/h1-8,17,20-22,34-35,38H,9-10H2,(H,29,30)/t17-,20+,21+,22-,23+/m0/s1. The molecule has 10 nitrogen and oxygen atoms in total. The van der Waals surface area contributed by atoms with Gasteiger partial charge in [0.25, 0.3) is 0 Å². The molecule has 3 N–H and O–H groups in total. The van der Waals surface area contributed by atoms with Crippen molar-refractivity contribution in [2.75, 3.05) is 6.61 Å². The first kappa shape index (κ1) is 26.8. The van der Waals surface area contributed by atoms with Crippen molar-refractivity contribution in [3.05, 3.63) is 82.5 Å². The zero-order valence-corrected chi connectivity index (χ0v) is 21.7. The molecule has 38 heavy (non-hydrogen) atoms. The van der Waals surface area contributed by atoms with E-state index in [2.05, 4.69) is 53.8 Å². The monoisotopic (exact) mass is 612 g/mol. The largest absolute Gasteiger partial charge is 0.394 e. The topological polar surface area (TPSA) is 131 Å². The summed E-state index contributed by atoms with van der Waals surface area (Å²) < 4.78 is 55.3. The lowest BCUT2D eigenvalue weighted by molar-refractivity contribution is -0.223. The summed E-state index contributed by atoms with van der Waals surface area (Å²) in [6.07, 6.45) is 3.72. The fourth-order valence-electron chi connectivity index (χ4n) is 4.54. The summed E-state index contributed by atoms with van der Waals surface area (Å²) in [6, 6.07) is 3.23. The normalized spacial score (nSPS) is 25.6. The Morgan fingerprint density at radius 3 is 2.63 bits per heavy atom. The summed E-state index contributed by atoms with van der Waals surface area (Å²) in [5.41, 5.74) is -2.43. The van der Waals surface area contributed by atoms with Gasteiger partial charge >= 0.3 is 0 Å². The van der Waals surface area contributed by atoms with Crippen LogP contribution >= 0.6 is 28.6 Å². The molecule has 5 rings (SSSR count). The number of nitrogens with zero attached hydrogens (tertiary/aromatic N) is 5. The molecule has 5 atom stereocenters. The Bertz CT molecular complexity index is 1410. The molecule has 0 spiro atoms. The van der Waals surface area contributed by atoms with Crippen molar-refractivity contribution < 1.29 is 32.9 Å². The van der Waals surface area contributed by atoms with E-state index in [1.54, 1.807) is 18.5 Å². The number of aliphatic hydroxyl groups is 2. The maximum atomic E-state index is 14.0. The number of hydrogen-bond donors (Lipinski definition) is 4. The third-order valence-electron chi connectivity index (χ3n) is 6.26. The molecule has 0 unspecified atom stereocenters. The Morgan fingerprint density at radius 1 is 1.21 bits per heavy atom. The van der Waals surface area contributed by atoms with E-state index in [9.17, 15) is 23.4 Å². The van der Waals surface area contributed by atoms with Gasteiger partial charge in [-0.05, 0) is 34.1 Å². The van der Waals surface area contributed by atoms with Crippen LogP contribution in [0.15, 0.2) is 53.7 Å². The fraction of sp³-hybridized carbons (Fsp3) is 0.304. The average Bonchev–Trinajstić information content (AvgIpc) is 3.60. The van der Waals surface area contributed by atoms with Crippen LogP contribution in [-0.4, -0.2) is 70.5 Å². The molecule has 1 aliphatic heterocycles. The zero-order valence-electron chi connectivity index (χ0n) is 19.2. The van der Waals surface area contributed by atoms with Gasteiger partial charge < -0.3 is 24.7 Å². The van der Waals surface area contributed by atoms with Crippen LogP contribution in [0.3, 0.4) is 0 Å². The van der Waals surface area contributed by atoms with Crippen LogP contribution in [0.25, 0.3) is 11.3 Å². The van der Waals surface area contributed by atoms with E-state index in [-0.39, 0.29) is 17.9 Å². The maximum absolute atomic E-state index is 14.0. The van der Waals surface area contributed by atoms with Crippen LogP contribution in [0.5, 0.6) is 0 Å². The van der Waals surface area contributed by atoms with E-state index in [1.165, 1.54) is 23.3 Å². The lowest BCUT2D eigenvalue weighted by Gasteiger charge is -2.51. The minimum absolute atomic E-state index is 0.0233. The van der Waals surface area contributed by atoms with E-state index < -0.39 is 53.3 Å². The molecule has 0 aliphatic carbocycles. The van der Waals surface area contributed by atoms with Crippen molar-refractivity contribution in [2.45, 2.75) is 35.9 Å². The van der Waals surface area contributed by atoms with Crippen molar-refractivity contribution in [2.24, 2.45) is 0 Å². The molecule has 15 heteroatoms. The third kappa shape index (κ3) is 4.63. The van der Waals surface area contributed by atoms with Crippen LogP contribution in [0, 0.1) is 17.5 Å². The molecule has 4 aromatic rings. The van der Waals surface area contributed by atoms with Gasteiger partial charge in [-0.25, -0.2) is 22.8 Å². The molecule has 0 saturated carbocycles. The van der Waals surface area contributed by atoms with Crippen molar-refractivity contribution in [1.82, 2.24) is 29.9 Å². The van der Waals surface area contributed by atoms with Gasteiger partial charge in [-0.3, -0.25) is 4.98 Å². The number of aromatic amines is 1. The summed E-state index contributed by atoms with van der Waals surface area (Å²) in [7, 11) is 0. The van der Waals surface area contributed by atoms with Gasteiger partial charge in [0.1, 0.15) is 47.4 Å². The van der Waals surface area contributed by atoms with Crippen molar-refractivity contribution in [3.63, 3.8) is 0 Å². The summed E-state index contributed by atoms with van der Waals surface area (Å²) in [4.78, 5) is 11.3. The zero-order chi connectivity index (χ0) is 27.0. The first-order chi connectivity index (χ1) is 18.2. The molecule has 1 saturated heterocycles. The highest BCUT2D eigenvalue weighted by molar-refractivity contribution is 9.10. The average molecular weight is 613 g/mol. The number of rotatable bonds is 7. The highest BCUT2D eigenvalue weighted by Crippen LogP contribution is 2.45. The second kappa shape index (κ2) is 10.7. The number of halogens is 4. The van der Waals surface area contributed by atoms with Crippen molar-refractivity contribution in [3.8, 4) is 11.3 Å². The molecular weight excluding hydrogens is 593 g/mol. The van der Waals surface area contributed by atoms with Gasteiger partial charge in [-0.2, -0.15) is 0 Å². The molecule has 1 aromatic carbocycles. The number of H-pyrrole nitrogens is 1. The summed E-state index contributed by atoms with van der Waals surface area (Å²) in [5, 5.41) is 29.9. The number of thiol groups is 1. The minimum atomic E-state index is -1.68. The highest BCUT2D eigenvalue weighted by atomic mass is 79.9. The Balaban J connectivity index is 1.70. The molecular formula is C23H20BrF3N6O4S. The van der Waals surface area contributed by atoms with Crippen LogP contribution in [0.1, 0.15) is 11.4 Å². The third-order valence-corrected chi connectivity index (χ3v) is 7.09. The molecule has 0 radical (unpaired) electrons. The molecule has 1 fully saturated rings. The maximum Gasteiger partial charge on any atom is 0.194 e. The molecule has 0 bridgehead atoms. The van der Waals surface area contributed by atoms with Crippen LogP contribution in [-0.2, 0) is 21.6 Å². The van der Waals surface area contributed by atoms with Crippen molar-refractivity contribution >= 4 is 28.6 Å². The number of aromatic nitrogens is 6. The van der Waals surface area contributed by atoms with Gasteiger partial charge in [0.15, 0.2) is 17.5 Å². The van der Waals surface area contributed by atoms with Gasteiger partial charge in [0.2, 0.25) is 0 Å². The van der Waals surface area contributed by atoms with Crippen molar-refractivity contribution in [1.29, 1.82) is 0 Å². The molecule has 0 amide bonds. The SMILES string of the molecule is OC[C@@H]1O[C@@H](S)[C@@H](OCc2ncc[nH]2)[C@](c2cncc(Br)c2)(n2cc(-c3cc(F)c(F)c(F)c3)nn2)[C@@H]1O. The fourth-order valence-corrected chi connectivity index (χ4v) is 5.37. The number of nitrogens with one attached hydrogen (secondary N) is 1. The lowest BCUT2D eigenvalue weighted by atomic mass is 9.76. The predicted molar refractivity (Wildman–Crippen MR) is 132 cm³/mol. The summed E-state index contributed by atoms with van der Waals surface area (Å²) >= 11 is 7.95. The molecule has 200 valence electrons. The second-order valence-corrected chi connectivity index (χ2v) is 9.90. The molecule has 1 aliphatic rings. The lowest BCUT2D eigenvalue weighted by Crippen LogP contribution is -2.68. The Labute approximate surface area is 227 Å². The number of pyridine rings is 1. The number of ether oxygens (including phenoxy) is 2. The molecule has 4 heterocycles. The van der Waals surface area contributed by atoms with Crippen LogP contribution < -0.4 is 0 Å². The van der Waals surface area contributed by atoms with Gasteiger partial charge in [-0.15, -0.1) is 17.7 Å². The summed E-state index contributed by atoms with van der Waals surface area (Å²) in [5.74, 6) is -3.95. The first-order valence-corrected chi connectivity index (χ1v) is 12.5. The predicted octanol–water partition coefficient (Wildman–Crippen LogP) is 2.58. The number of aliphatic hydroxyl groups excluding tert-OH is 2. The molecule has 3 aromatic heterocycles. The number of imidazole rings is 1. The van der Waals surface area contributed by atoms with Crippen LogP contribution in [0.2, 0.25) is 0 Å². The Hall–Kier alpha value is -2.82. The second-order valence-electron chi connectivity index (χ2n) is 8.48. The van der Waals surface area contributed by atoms with E-state index >= 15 is 0 Å². The summed E-state index contributed by atoms with van der Waals surface area (Å²) in [6.45, 7) is -0.629. The van der Waals surface area contributed by atoms with E-state index in [0.717, 1.165) is 12.1 Å². The minimum Gasteiger partial charge on any atom is -0.394 e. The van der Waals surface area contributed by atoms with E-state index in [4.69, 9.17) is 9.47 Å². The number of hydrogen-bond acceptors (Lipinski definition) is 9. The smallest absolute Gasteiger partial charge is 0.194 e. The van der Waals surface area contributed by atoms with E-state index in [1.807, 2.05) is 0 Å². The van der Waals surface area contributed by atoms with Crippen LogP contribution in [0.4, 0.5) is 13.2 Å². The Kier molecular flexibility index (Phi) is 7.57. The van der Waals surface area contributed by atoms with Gasteiger partial charge in [-0.1, -0.05) is 5.21 Å². The quantitative estimate of drug-likeness (QED) is 0.185. The van der Waals surface area contributed by atoms with E-state index in [0.29, 0.717) is 15.9 Å². The van der Waals surface area contributed by atoms with Gasteiger partial charge in [0.05, 0.1) is 12.8 Å². The number of benzene rings is 1. The Morgan fingerprint density at radius 2 is 1.97 bits per heavy atom. The van der Waals surface area contributed by atoms with Gasteiger partial charge in [0, 0.05) is 40.4 Å².